The van der Waals surface area contributed by atoms with E-state index in [4.69, 9.17) is 0 Å². The van der Waals surface area contributed by atoms with E-state index in [9.17, 15) is 0 Å². The predicted molar refractivity (Wildman–Crippen MR) is 159 cm³/mol. The Balaban J connectivity index is 2.81. The van der Waals surface area contributed by atoms with Crippen LogP contribution in [0.2, 0.25) is 0 Å². The quantitative estimate of drug-likeness (QED) is 0.106. The fourth-order valence-corrected chi connectivity index (χ4v) is 7.81. The Kier molecular flexibility index (Phi) is 21.5. The molecular formula is C30H53S3. The van der Waals surface area contributed by atoms with Gasteiger partial charge >= 0.3 is 0 Å². The van der Waals surface area contributed by atoms with Gasteiger partial charge in [0.1, 0.15) is 0 Å². The Bertz CT molecular complexity index is 533. The van der Waals surface area contributed by atoms with E-state index in [1.807, 2.05) is 0 Å². The van der Waals surface area contributed by atoms with E-state index in [0.29, 0.717) is 0 Å². The number of thioether (sulfide) groups is 3. The standard InChI is InChI=1S/C30H53S3/c1-5-9-12-15-18-22-31-28-25-27(21-8-4)26-29(32-23-19-16-13-10-6-2)30(28)33-24-20-17-14-11-7-3/h25-26H,4-24H2,1-3H3. The van der Waals surface area contributed by atoms with Crippen LogP contribution < -0.4 is 0 Å². The smallest absolute Gasteiger partial charge is 0.0344 e. The molecule has 0 fully saturated rings. The molecule has 0 saturated carbocycles. The zero-order valence-electron chi connectivity index (χ0n) is 22.2. The second-order valence-electron chi connectivity index (χ2n) is 9.31. The summed E-state index contributed by atoms with van der Waals surface area (Å²) in [7, 11) is 0. The topological polar surface area (TPSA) is 0 Å². The van der Waals surface area contributed by atoms with E-state index in [1.54, 1.807) is 14.7 Å². The SMILES string of the molecule is [CH2]CCc1cc(SCCCCCCC)c(SCCCCCCC)c(SCCCCCCC)c1. The molecule has 0 aliphatic rings. The predicted octanol–water partition coefficient (Wildman–Crippen LogP) is 11.6. The fourth-order valence-electron chi connectivity index (χ4n) is 3.99. The van der Waals surface area contributed by atoms with Crippen LogP contribution in [0, 0.1) is 6.92 Å². The molecule has 3 heteroatoms. The molecule has 0 atom stereocenters. The Labute approximate surface area is 221 Å². The first-order valence-electron chi connectivity index (χ1n) is 14.1. The molecule has 0 spiro atoms. The van der Waals surface area contributed by atoms with Crippen molar-refractivity contribution in [2.75, 3.05) is 17.3 Å². The summed E-state index contributed by atoms with van der Waals surface area (Å²) in [6, 6.07) is 5.01. The van der Waals surface area contributed by atoms with Gasteiger partial charge < -0.3 is 0 Å². The van der Waals surface area contributed by atoms with Crippen LogP contribution in [0.1, 0.15) is 129 Å². The first-order chi connectivity index (χ1) is 16.3. The zero-order chi connectivity index (χ0) is 24.0. The summed E-state index contributed by atoms with van der Waals surface area (Å²) >= 11 is 6.40. The van der Waals surface area contributed by atoms with Crippen molar-refractivity contribution in [2.45, 2.75) is 145 Å². The molecule has 0 bridgehead atoms. The van der Waals surface area contributed by atoms with Crippen LogP contribution in [-0.2, 0) is 6.42 Å². The van der Waals surface area contributed by atoms with Gasteiger partial charge in [-0.15, -0.1) is 35.3 Å². The van der Waals surface area contributed by atoms with Crippen LogP contribution in [0.4, 0.5) is 0 Å². The van der Waals surface area contributed by atoms with Crippen molar-refractivity contribution in [2.24, 2.45) is 0 Å². The summed E-state index contributed by atoms with van der Waals surface area (Å²) < 4.78 is 0. The molecule has 0 saturated heterocycles. The minimum absolute atomic E-state index is 0.992. The molecule has 1 radical (unpaired) electrons. The van der Waals surface area contributed by atoms with E-state index in [0.717, 1.165) is 12.8 Å². The lowest BCUT2D eigenvalue weighted by molar-refractivity contribution is 0.658. The molecule has 0 unspecified atom stereocenters. The van der Waals surface area contributed by atoms with Crippen LogP contribution in [0.3, 0.4) is 0 Å². The lowest BCUT2D eigenvalue weighted by Crippen LogP contribution is -1.94. The van der Waals surface area contributed by atoms with Crippen molar-refractivity contribution in [3.05, 3.63) is 24.6 Å². The van der Waals surface area contributed by atoms with Crippen LogP contribution in [0.5, 0.6) is 0 Å². The third-order valence-electron chi connectivity index (χ3n) is 6.05. The van der Waals surface area contributed by atoms with Gasteiger partial charge in [-0.3, -0.25) is 0 Å². The lowest BCUT2D eigenvalue weighted by Gasteiger charge is -2.17. The average molecular weight is 510 g/mol. The normalized spacial score (nSPS) is 11.4. The Morgan fingerprint density at radius 1 is 0.545 bits per heavy atom. The number of aryl methyl sites for hydroxylation is 1. The maximum Gasteiger partial charge on any atom is 0.0344 e. The minimum Gasteiger partial charge on any atom is -0.125 e. The van der Waals surface area contributed by atoms with Crippen LogP contribution in [-0.4, -0.2) is 17.3 Å². The highest BCUT2D eigenvalue weighted by atomic mass is 32.2. The summed E-state index contributed by atoms with van der Waals surface area (Å²) in [5.74, 6) is 3.80. The lowest BCUT2D eigenvalue weighted by atomic mass is 10.1. The number of unbranched alkanes of at least 4 members (excludes halogenated alkanes) is 12. The summed E-state index contributed by atoms with van der Waals surface area (Å²) in [5, 5.41) is 0. The van der Waals surface area contributed by atoms with Gasteiger partial charge in [0.2, 0.25) is 0 Å². The number of benzene rings is 1. The number of hydrogen-bond donors (Lipinski definition) is 0. The number of hydrogen-bond acceptors (Lipinski definition) is 3. The third-order valence-corrected chi connectivity index (χ3v) is 9.78. The van der Waals surface area contributed by atoms with E-state index >= 15 is 0 Å². The Morgan fingerprint density at radius 2 is 0.939 bits per heavy atom. The van der Waals surface area contributed by atoms with Crippen molar-refractivity contribution in [1.29, 1.82) is 0 Å². The van der Waals surface area contributed by atoms with Gasteiger partial charge in [0.25, 0.3) is 0 Å². The maximum atomic E-state index is 4.14. The van der Waals surface area contributed by atoms with Gasteiger partial charge in [-0.2, -0.15) is 0 Å². The van der Waals surface area contributed by atoms with Gasteiger partial charge in [0.05, 0.1) is 0 Å². The van der Waals surface area contributed by atoms with Crippen LogP contribution in [0.15, 0.2) is 26.8 Å². The first kappa shape index (κ1) is 31.3. The maximum absolute atomic E-state index is 4.14. The summed E-state index contributed by atoms with van der Waals surface area (Å²) in [5.41, 5.74) is 1.50. The summed E-state index contributed by atoms with van der Waals surface area (Å²) in [6.45, 7) is 11.0. The Morgan fingerprint density at radius 3 is 1.33 bits per heavy atom. The molecule has 1 aromatic rings. The zero-order valence-corrected chi connectivity index (χ0v) is 24.7. The highest BCUT2D eigenvalue weighted by Crippen LogP contribution is 2.41. The molecule has 1 aromatic carbocycles. The average Bonchev–Trinajstić information content (AvgIpc) is 2.82. The number of rotatable bonds is 23. The van der Waals surface area contributed by atoms with Crippen molar-refractivity contribution in [1.82, 2.24) is 0 Å². The molecule has 33 heavy (non-hydrogen) atoms. The third kappa shape index (κ3) is 15.8. The van der Waals surface area contributed by atoms with Crippen molar-refractivity contribution in [3.8, 4) is 0 Å². The second kappa shape index (κ2) is 22.7. The van der Waals surface area contributed by atoms with Gasteiger partial charge in [-0.1, -0.05) is 105 Å². The van der Waals surface area contributed by atoms with E-state index in [2.05, 4.69) is 75.1 Å². The Hall–Kier alpha value is 0.270. The summed E-state index contributed by atoms with van der Waals surface area (Å²) in [4.78, 5) is 4.71. The molecule has 0 aliphatic heterocycles. The van der Waals surface area contributed by atoms with Gasteiger partial charge in [0.15, 0.2) is 0 Å². The molecule has 191 valence electrons. The highest BCUT2D eigenvalue weighted by molar-refractivity contribution is 8.03. The van der Waals surface area contributed by atoms with Crippen molar-refractivity contribution >= 4 is 35.3 Å². The second-order valence-corrected chi connectivity index (χ2v) is 12.7. The first-order valence-corrected chi connectivity index (χ1v) is 17.1. The largest absolute Gasteiger partial charge is 0.125 e. The molecule has 0 heterocycles. The van der Waals surface area contributed by atoms with Crippen LogP contribution >= 0.6 is 35.3 Å². The monoisotopic (exact) mass is 509 g/mol. The minimum atomic E-state index is 0.992. The van der Waals surface area contributed by atoms with Crippen LogP contribution in [0.25, 0.3) is 0 Å². The van der Waals surface area contributed by atoms with Gasteiger partial charge in [0, 0.05) is 14.7 Å². The van der Waals surface area contributed by atoms with E-state index in [1.165, 1.54) is 119 Å². The highest BCUT2D eigenvalue weighted by Gasteiger charge is 2.13. The molecule has 0 amide bonds. The van der Waals surface area contributed by atoms with E-state index < -0.39 is 0 Å². The summed E-state index contributed by atoms with van der Waals surface area (Å²) in [6.07, 6.45) is 22.7. The fraction of sp³-hybridized carbons (Fsp3) is 0.767. The molecule has 1 rings (SSSR count). The molecule has 0 N–H and O–H groups in total. The van der Waals surface area contributed by atoms with Gasteiger partial charge in [-0.05, 0) is 67.1 Å². The van der Waals surface area contributed by atoms with Crippen molar-refractivity contribution < 1.29 is 0 Å². The van der Waals surface area contributed by atoms with E-state index in [-0.39, 0.29) is 0 Å². The molecule has 0 nitrogen and oxygen atoms in total. The van der Waals surface area contributed by atoms with Crippen molar-refractivity contribution in [3.63, 3.8) is 0 Å². The van der Waals surface area contributed by atoms with Gasteiger partial charge in [-0.25, -0.2) is 0 Å². The molecule has 0 aliphatic carbocycles. The molecular weight excluding hydrogens is 457 g/mol. The molecule has 0 aromatic heterocycles.